The number of rotatable bonds is 0. The summed E-state index contributed by atoms with van der Waals surface area (Å²) in [6, 6.07) is 11.1. The molecular formula is C13H9ClN2O. The zero-order valence-electron chi connectivity index (χ0n) is 8.81. The van der Waals surface area contributed by atoms with Crippen LogP contribution >= 0.6 is 11.6 Å². The normalized spacial score (nSPS) is 14.8. The highest BCUT2D eigenvalue weighted by molar-refractivity contribution is 6.32. The number of nitrogen functional groups attached to an aromatic ring is 1. The Morgan fingerprint density at radius 3 is 2.29 bits per heavy atom. The van der Waals surface area contributed by atoms with Gasteiger partial charge in [0, 0.05) is 21.8 Å². The van der Waals surface area contributed by atoms with Gasteiger partial charge in [-0.2, -0.15) is 0 Å². The molecule has 1 aliphatic carbocycles. The van der Waals surface area contributed by atoms with Crippen LogP contribution in [0.4, 0.5) is 5.69 Å². The summed E-state index contributed by atoms with van der Waals surface area (Å²) in [5, 5.41) is 13.1. The minimum atomic E-state index is 0.518. The maximum absolute atomic E-state index is 9.15. The SMILES string of the molecule is Nc1ccc2c(c1)/C(=N\O)c1cc(Cl)ccc1-2. The Hall–Kier alpha value is -2.00. The van der Waals surface area contributed by atoms with Gasteiger partial charge in [-0.25, -0.2) is 0 Å². The molecule has 0 unspecified atom stereocenters. The molecule has 0 saturated heterocycles. The van der Waals surface area contributed by atoms with E-state index in [1.54, 1.807) is 12.1 Å². The Bertz CT molecular complexity index is 596. The minimum Gasteiger partial charge on any atom is -0.410 e. The van der Waals surface area contributed by atoms with Crippen molar-refractivity contribution in [3.63, 3.8) is 0 Å². The molecule has 2 aromatic carbocycles. The molecule has 0 bridgehead atoms. The zero-order valence-corrected chi connectivity index (χ0v) is 9.57. The summed E-state index contributed by atoms with van der Waals surface area (Å²) in [6.45, 7) is 0. The Morgan fingerprint density at radius 2 is 1.59 bits per heavy atom. The first-order chi connectivity index (χ1) is 8.20. The fraction of sp³-hybridized carbons (Fsp3) is 0. The molecule has 0 aromatic heterocycles. The van der Waals surface area contributed by atoms with Crippen LogP contribution in [0.15, 0.2) is 41.6 Å². The van der Waals surface area contributed by atoms with E-state index >= 15 is 0 Å². The van der Waals surface area contributed by atoms with Crippen LogP contribution in [0.2, 0.25) is 5.02 Å². The molecule has 0 atom stereocenters. The smallest absolute Gasteiger partial charge is 0.118 e. The number of halogens is 1. The van der Waals surface area contributed by atoms with Crippen LogP contribution in [0.5, 0.6) is 0 Å². The monoisotopic (exact) mass is 244 g/mol. The van der Waals surface area contributed by atoms with Crippen molar-refractivity contribution in [1.82, 2.24) is 0 Å². The number of nitrogens with two attached hydrogens (primary N) is 1. The van der Waals surface area contributed by atoms with Crippen molar-refractivity contribution in [2.45, 2.75) is 0 Å². The summed E-state index contributed by atoms with van der Waals surface area (Å²) >= 11 is 5.96. The Morgan fingerprint density at radius 1 is 0.941 bits per heavy atom. The van der Waals surface area contributed by atoms with Crippen molar-refractivity contribution in [2.24, 2.45) is 5.16 Å². The van der Waals surface area contributed by atoms with Gasteiger partial charge in [0.2, 0.25) is 0 Å². The first-order valence-corrected chi connectivity index (χ1v) is 5.51. The number of oxime groups is 1. The number of nitrogens with zero attached hydrogens (tertiary/aromatic N) is 1. The molecule has 1 aliphatic rings. The number of hydrogen-bond donors (Lipinski definition) is 2. The molecule has 0 saturated carbocycles. The average Bonchev–Trinajstić information content (AvgIpc) is 2.60. The number of fused-ring (bicyclic) bond motifs is 3. The van der Waals surface area contributed by atoms with Gasteiger partial charge in [0.15, 0.2) is 0 Å². The molecule has 0 fully saturated rings. The Balaban J connectivity index is 2.37. The predicted molar refractivity (Wildman–Crippen MR) is 68.7 cm³/mol. The Labute approximate surface area is 103 Å². The van der Waals surface area contributed by atoms with Crippen molar-refractivity contribution < 1.29 is 5.21 Å². The fourth-order valence-electron chi connectivity index (χ4n) is 2.19. The second kappa shape index (κ2) is 3.50. The second-order valence-corrected chi connectivity index (χ2v) is 4.38. The lowest BCUT2D eigenvalue weighted by atomic mass is 10.1. The van der Waals surface area contributed by atoms with Gasteiger partial charge in [-0.3, -0.25) is 0 Å². The lowest BCUT2D eigenvalue weighted by Crippen LogP contribution is -1.98. The van der Waals surface area contributed by atoms with E-state index < -0.39 is 0 Å². The topological polar surface area (TPSA) is 58.6 Å². The third kappa shape index (κ3) is 1.40. The van der Waals surface area contributed by atoms with Crippen molar-refractivity contribution in [3.8, 4) is 11.1 Å². The molecule has 2 aromatic rings. The fourth-order valence-corrected chi connectivity index (χ4v) is 2.36. The van der Waals surface area contributed by atoms with Gasteiger partial charge < -0.3 is 10.9 Å². The van der Waals surface area contributed by atoms with Gasteiger partial charge in [0.25, 0.3) is 0 Å². The average molecular weight is 245 g/mol. The lowest BCUT2D eigenvalue weighted by Gasteiger charge is -2.00. The quantitative estimate of drug-likeness (QED) is 0.363. The van der Waals surface area contributed by atoms with Crippen LogP contribution in [-0.2, 0) is 0 Å². The molecule has 3 N–H and O–H groups in total. The molecule has 0 aliphatic heterocycles. The summed E-state index contributed by atoms with van der Waals surface area (Å²) in [5.74, 6) is 0. The van der Waals surface area contributed by atoms with E-state index in [0.29, 0.717) is 16.4 Å². The summed E-state index contributed by atoms with van der Waals surface area (Å²) in [6.07, 6.45) is 0. The van der Waals surface area contributed by atoms with Crippen LogP contribution in [-0.4, -0.2) is 10.9 Å². The highest BCUT2D eigenvalue weighted by atomic mass is 35.5. The Kier molecular flexibility index (Phi) is 2.09. The molecule has 0 radical (unpaired) electrons. The van der Waals surface area contributed by atoms with Crippen molar-refractivity contribution in [3.05, 3.63) is 52.5 Å². The molecule has 3 rings (SSSR count). The van der Waals surface area contributed by atoms with Crippen LogP contribution in [0.3, 0.4) is 0 Å². The number of hydrogen-bond acceptors (Lipinski definition) is 3. The molecular weight excluding hydrogens is 236 g/mol. The first kappa shape index (κ1) is 10.2. The van der Waals surface area contributed by atoms with Crippen molar-refractivity contribution >= 4 is 23.0 Å². The van der Waals surface area contributed by atoms with E-state index in [9.17, 15) is 0 Å². The number of anilines is 1. The highest BCUT2D eigenvalue weighted by Gasteiger charge is 2.25. The van der Waals surface area contributed by atoms with Crippen LogP contribution < -0.4 is 5.73 Å². The minimum absolute atomic E-state index is 0.518. The first-order valence-electron chi connectivity index (χ1n) is 5.13. The van der Waals surface area contributed by atoms with Gasteiger partial charge in [-0.1, -0.05) is 28.9 Å². The van der Waals surface area contributed by atoms with Gasteiger partial charge in [-0.05, 0) is 35.4 Å². The van der Waals surface area contributed by atoms with E-state index in [1.165, 1.54) is 0 Å². The molecule has 3 nitrogen and oxygen atoms in total. The summed E-state index contributed by atoms with van der Waals surface area (Å²) in [7, 11) is 0. The van der Waals surface area contributed by atoms with Crippen LogP contribution in [0.25, 0.3) is 11.1 Å². The van der Waals surface area contributed by atoms with Gasteiger partial charge >= 0.3 is 0 Å². The lowest BCUT2D eigenvalue weighted by molar-refractivity contribution is 0.320. The van der Waals surface area contributed by atoms with Gasteiger partial charge in [-0.15, -0.1) is 0 Å². The maximum Gasteiger partial charge on any atom is 0.118 e. The molecule has 84 valence electrons. The predicted octanol–water partition coefficient (Wildman–Crippen LogP) is 3.13. The largest absolute Gasteiger partial charge is 0.410 e. The van der Waals surface area contributed by atoms with Gasteiger partial charge in [0.05, 0.1) is 0 Å². The number of benzene rings is 2. The van der Waals surface area contributed by atoms with E-state index in [4.69, 9.17) is 22.5 Å². The van der Waals surface area contributed by atoms with E-state index in [-0.39, 0.29) is 0 Å². The third-order valence-corrected chi connectivity index (χ3v) is 3.16. The van der Waals surface area contributed by atoms with Gasteiger partial charge in [0.1, 0.15) is 5.71 Å². The van der Waals surface area contributed by atoms with E-state index in [2.05, 4.69) is 5.16 Å². The standard InChI is InChI=1S/C13H9ClN2O/c14-7-1-3-9-10-4-2-8(15)6-12(10)13(16-17)11(9)5-7/h1-6,17H,15H2/b16-13-. The second-order valence-electron chi connectivity index (χ2n) is 3.94. The van der Waals surface area contributed by atoms with Crippen LogP contribution in [0.1, 0.15) is 11.1 Å². The molecule has 0 heterocycles. The third-order valence-electron chi connectivity index (χ3n) is 2.93. The van der Waals surface area contributed by atoms with Crippen molar-refractivity contribution in [1.29, 1.82) is 0 Å². The van der Waals surface area contributed by atoms with Crippen molar-refractivity contribution in [2.75, 3.05) is 5.73 Å². The highest BCUT2D eigenvalue weighted by Crippen LogP contribution is 2.38. The maximum atomic E-state index is 9.15. The summed E-state index contributed by atoms with van der Waals surface area (Å²) < 4.78 is 0. The molecule has 17 heavy (non-hydrogen) atoms. The summed E-state index contributed by atoms with van der Waals surface area (Å²) in [5.41, 5.74) is 10.6. The molecule has 0 spiro atoms. The van der Waals surface area contributed by atoms with E-state index in [1.807, 2.05) is 24.3 Å². The summed E-state index contributed by atoms with van der Waals surface area (Å²) in [4.78, 5) is 0. The van der Waals surface area contributed by atoms with Crippen LogP contribution in [0, 0.1) is 0 Å². The van der Waals surface area contributed by atoms with E-state index in [0.717, 1.165) is 22.3 Å². The molecule has 0 amide bonds. The zero-order chi connectivity index (χ0) is 12.0. The molecule has 4 heteroatoms.